The van der Waals surface area contributed by atoms with Crippen molar-refractivity contribution in [3.63, 3.8) is 0 Å². The first-order valence-electron chi connectivity index (χ1n) is 6.68. The van der Waals surface area contributed by atoms with E-state index in [1.807, 2.05) is 0 Å². The van der Waals surface area contributed by atoms with Crippen LogP contribution >= 0.6 is 0 Å². The van der Waals surface area contributed by atoms with E-state index < -0.39 is 0 Å². The van der Waals surface area contributed by atoms with Gasteiger partial charge in [-0.05, 0) is 49.5 Å². The smallest absolute Gasteiger partial charge is 0.0715 e. The Morgan fingerprint density at radius 3 is 2.19 bits per heavy atom. The minimum Gasteiger partial charge on any atom is -0.304 e. The van der Waals surface area contributed by atoms with E-state index in [1.165, 1.54) is 25.7 Å². The Balaban J connectivity index is 2.45. The summed E-state index contributed by atoms with van der Waals surface area (Å²) in [7, 11) is 0. The average Bonchev–Trinajstić information content (AvgIpc) is 2.25. The van der Waals surface area contributed by atoms with Gasteiger partial charge in [-0.2, -0.15) is 0 Å². The topological polar surface area (TPSA) is 12.0 Å². The van der Waals surface area contributed by atoms with E-state index in [1.54, 1.807) is 0 Å². The lowest BCUT2D eigenvalue weighted by Gasteiger charge is -2.38. The Morgan fingerprint density at radius 2 is 1.81 bits per heavy atom. The van der Waals surface area contributed by atoms with Gasteiger partial charge in [0.05, 0.1) is 6.04 Å². The van der Waals surface area contributed by atoms with Gasteiger partial charge in [-0.1, -0.05) is 33.6 Å². The Morgan fingerprint density at radius 1 is 1.25 bits per heavy atom. The summed E-state index contributed by atoms with van der Waals surface area (Å²) in [6, 6.07) is 0.297. The van der Waals surface area contributed by atoms with Gasteiger partial charge in [-0.25, -0.2) is 0 Å². The zero-order chi connectivity index (χ0) is 12.2. The van der Waals surface area contributed by atoms with E-state index in [4.69, 9.17) is 6.42 Å². The molecule has 0 bridgehead atoms. The summed E-state index contributed by atoms with van der Waals surface area (Å²) in [5.41, 5.74) is 0.467. The van der Waals surface area contributed by atoms with Crippen molar-refractivity contribution in [2.45, 2.75) is 59.4 Å². The van der Waals surface area contributed by atoms with Crippen molar-refractivity contribution in [2.75, 3.05) is 6.54 Å². The van der Waals surface area contributed by atoms with E-state index in [2.05, 4.69) is 38.9 Å². The van der Waals surface area contributed by atoms with Crippen LogP contribution in [0.15, 0.2) is 0 Å². The first kappa shape index (κ1) is 13.6. The third-order valence-corrected chi connectivity index (χ3v) is 4.07. The Hall–Kier alpha value is -0.480. The van der Waals surface area contributed by atoms with Gasteiger partial charge in [0.15, 0.2) is 0 Å². The molecule has 1 aliphatic carbocycles. The van der Waals surface area contributed by atoms with Crippen molar-refractivity contribution >= 4 is 0 Å². The molecule has 0 spiro atoms. The van der Waals surface area contributed by atoms with Crippen molar-refractivity contribution in [2.24, 2.45) is 17.3 Å². The predicted octanol–water partition coefficient (Wildman–Crippen LogP) is 3.45. The molecule has 1 unspecified atom stereocenters. The minimum absolute atomic E-state index is 0.297. The molecule has 1 heteroatoms. The molecule has 0 amide bonds. The second-order valence-electron chi connectivity index (χ2n) is 6.18. The quantitative estimate of drug-likeness (QED) is 0.720. The standard InChI is InChI=1S/C15H27N/c1-6-14(16-7-2)12-8-10-13(11-9-12)15(3,4)5/h1,12-14,16H,7-11H2,2-5H3. The predicted molar refractivity (Wildman–Crippen MR) is 71.2 cm³/mol. The third kappa shape index (κ3) is 3.52. The molecule has 92 valence electrons. The van der Waals surface area contributed by atoms with Crippen LogP contribution in [-0.2, 0) is 0 Å². The van der Waals surface area contributed by atoms with Crippen molar-refractivity contribution in [3.8, 4) is 12.3 Å². The van der Waals surface area contributed by atoms with E-state index >= 15 is 0 Å². The van der Waals surface area contributed by atoms with E-state index in [0.717, 1.165) is 12.5 Å². The van der Waals surface area contributed by atoms with Crippen LogP contribution in [0.2, 0.25) is 0 Å². The van der Waals surface area contributed by atoms with Crippen molar-refractivity contribution in [3.05, 3.63) is 0 Å². The molecule has 0 radical (unpaired) electrons. The molecule has 1 fully saturated rings. The van der Waals surface area contributed by atoms with Gasteiger partial charge in [0.25, 0.3) is 0 Å². The molecule has 0 aromatic rings. The Bertz CT molecular complexity index is 235. The zero-order valence-electron chi connectivity index (χ0n) is 11.3. The number of nitrogens with one attached hydrogen (secondary N) is 1. The first-order chi connectivity index (χ1) is 7.49. The average molecular weight is 221 g/mol. The summed E-state index contributed by atoms with van der Waals surface area (Å²) >= 11 is 0. The highest BCUT2D eigenvalue weighted by Gasteiger charge is 2.31. The van der Waals surface area contributed by atoms with Crippen LogP contribution in [0.25, 0.3) is 0 Å². The van der Waals surface area contributed by atoms with Gasteiger partial charge in [-0.15, -0.1) is 6.42 Å². The van der Waals surface area contributed by atoms with Crippen LogP contribution in [0.1, 0.15) is 53.4 Å². The molecule has 16 heavy (non-hydrogen) atoms. The molecule has 0 aromatic carbocycles. The van der Waals surface area contributed by atoms with Gasteiger partial charge < -0.3 is 5.32 Å². The van der Waals surface area contributed by atoms with E-state index in [-0.39, 0.29) is 0 Å². The van der Waals surface area contributed by atoms with Gasteiger partial charge >= 0.3 is 0 Å². The van der Waals surface area contributed by atoms with Crippen LogP contribution in [0, 0.1) is 29.6 Å². The Labute approximate surface area is 101 Å². The fraction of sp³-hybridized carbons (Fsp3) is 0.867. The maximum absolute atomic E-state index is 5.60. The van der Waals surface area contributed by atoms with Crippen molar-refractivity contribution in [1.29, 1.82) is 0 Å². The number of rotatable bonds is 3. The zero-order valence-corrected chi connectivity index (χ0v) is 11.3. The largest absolute Gasteiger partial charge is 0.304 e. The monoisotopic (exact) mass is 221 g/mol. The van der Waals surface area contributed by atoms with E-state index in [0.29, 0.717) is 17.4 Å². The summed E-state index contributed by atoms with van der Waals surface area (Å²) < 4.78 is 0. The first-order valence-corrected chi connectivity index (χ1v) is 6.68. The molecule has 1 N–H and O–H groups in total. The fourth-order valence-electron chi connectivity index (χ4n) is 2.90. The molecule has 0 aromatic heterocycles. The molecule has 1 rings (SSSR count). The summed E-state index contributed by atoms with van der Waals surface area (Å²) in [4.78, 5) is 0. The highest BCUT2D eigenvalue weighted by atomic mass is 14.9. The maximum atomic E-state index is 5.60. The molecule has 1 saturated carbocycles. The normalized spacial score (nSPS) is 28.4. The molecule has 1 aliphatic rings. The second-order valence-corrected chi connectivity index (χ2v) is 6.18. The molecule has 1 atom stereocenters. The van der Waals surface area contributed by atoms with Crippen LogP contribution in [0.3, 0.4) is 0 Å². The lowest BCUT2D eigenvalue weighted by molar-refractivity contribution is 0.141. The SMILES string of the molecule is C#CC(NCC)C1CCC(C(C)(C)C)CC1. The van der Waals surface area contributed by atoms with Gasteiger partial charge in [0, 0.05) is 0 Å². The molecule has 0 aliphatic heterocycles. The lowest BCUT2D eigenvalue weighted by Crippen LogP contribution is -2.38. The highest BCUT2D eigenvalue weighted by molar-refractivity contribution is 5.03. The van der Waals surface area contributed by atoms with Crippen LogP contribution in [0.5, 0.6) is 0 Å². The van der Waals surface area contributed by atoms with Crippen molar-refractivity contribution in [1.82, 2.24) is 5.32 Å². The fourth-order valence-corrected chi connectivity index (χ4v) is 2.90. The van der Waals surface area contributed by atoms with Gasteiger partial charge in [0.2, 0.25) is 0 Å². The van der Waals surface area contributed by atoms with Crippen LogP contribution in [-0.4, -0.2) is 12.6 Å². The molecular formula is C15H27N. The third-order valence-electron chi connectivity index (χ3n) is 4.07. The number of terminal acetylenes is 1. The highest BCUT2D eigenvalue weighted by Crippen LogP contribution is 2.40. The summed E-state index contributed by atoms with van der Waals surface area (Å²) in [6.45, 7) is 10.2. The Kier molecular flexibility index (Phi) is 4.87. The van der Waals surface area contributed by atoms with E-state index in [9.17, 15) is 0 Å². The minimum atomic E-state index is 0.297. The van der Waals surface area contributed by atoms with Crippen molar-refractivity contribution < 1.29 is 0 Å². The summed E-state index contributed by atoms with van der Waals surface area (Å²) in [5.74, 6) is 4.49. The number of hydrogen-bond donors (Lipinski definition) is 1. The van der Waals surface area contributed by atoms with Crippen LogP contribution in [0.4, 0.5) is 0 Å². The number of hydrogen-bond acceptors (Lipinski definition) is 1. The molecule has 0 saturated heterocycles. The summed E-state index contributed by atoms with van der Waals surface area (Å²) in [6.07, 6.45) is 10.9. The van der Waals surface area contributed by atoms with Gasteiger partial charge in [0.1, 0.15) is 0 Å². The molecule has 0 heterocycles. The molecular weight excluding hydrogens is 194 g/mol. The van der Waals surface area contributed by atoms with Crippen LogP contribution < -0.4 is 5.32 Å². The maximum Gasteiger partial charge on any atom is 0.0715 e. The molecule has 1 nitrogen and oxygen atoms in total. The summed E-state index contributed by atoms with van der Waals surface area (Å²) in [5, 5.41) is 3.42. The lowest BCUT2D eigenvalue weighted by atomic mass is 9.68. The second kappa shape index (κ2) is 5.73. The van der Waals surface area contributed by atoms with Gasteiger partial charge in [-0.3, -0.25) is 0 Å².